The minimum atomic E-state index is -4.05. The first-order chi connectivity index (χ1) is 15.3. The normalized spacial score (nSPS) is 11.3. The van der Waals surface area contributed by atoms with E-state index in [4.69, 9.17) is 4.74 Å². The SMILES string of the molecule is CNC(=O)Oc1cn(S(=O)(=O)c2cccnc2)c2cc(Nc3ccc(C)cc3F)ccc12. The number of ether oxygens (including phenoxy) is 1. The first kappa shape index (κ1) is 21.3. The molecule has 0 aliphatic carbocycles. The number of rotatable bonds is 5. The van der Waals surface area contributed by atoms with Crippen molar-refractivity contribution in [3.63, 3.8) is 0 Å². The molecule has 0 aliphatic heterocycles. The zero-order valence-electron chi connectivity index (χ0n) is 17.2. The number of aryl methyl sites for hydroxylation is 1. The zero-order chi connectivity index (χ0) is 22.9. The van der Waals surface area contributed by atoms with Crippen molar-refractivity contribution in [1.29, 1.82) is 0 Å². The van der Waals surface area contributed by atoms with Gasteiger partial charge in [0, 0.05) is 30.5 Å². The van der Waals surface area contributed by atoms with Gasteiger partial charge in [0.15, 0.2) is 5.75 Å². The Labute approximate surface area is 183 Å². The molecule has 0 bridgehead atoms. The number of nitrogens with one attached hydrogen (secondary N) is 2. The summed E-state index contributed by atoms with van der Waals surface area (Å²) in [6.45, 7) is 1.78. The van der Waals surface area contributed by atoms with Gasteiger partial charge in [-0.25, -0.2) is 21.6 Å². The smallest absolute Gasteiger partial charge is 0.408 e. The highest BCUT2D eigenvalue weighted by atomic mass is 32.2. The maximum absolute atomic E-state index is 14.3. The number of nitrogens with zero attached hydrogens (tertiary/aromatic N) is 2. The number of anilines is 2. The lowest BCUT2D eigenvalue weighted by Gasteiger charge is -2.10. The Morgan fingerprint density at radius 1 is 1.16 bits per heavy atom. The van der Waals surface area contributed by atoms with E-state index in [0.29, 0.717) is 11.1 Å². The molecule has 0 radical (unpaired) electrons. The quantitative estimate of drug-likeness (QED) is 0.469. The van der Waals surface area contributed by atoms with Gasteiger partial charge in [-0.15, -0.1) is 0 Å². The van der Waals surface area contributed by atoms with Crippen LogP contribution in [0.3, 0.4) is 0 Å². The lowest BCUT2D eigenvalue weighted by atomic mass is 10.2. The van der Waals surface area contributed by atoms with Crippen molar-refractivity contribution in [3.8, 4) is 5.75 Å². The van der Waals surface area contributed by atoms with E-state index in [2.05, 4.69) is 15.6 Å². The van der Waals surface area contributed by atoms with Crippen molar-refractivity contribution in [2.75, 3.05) is 12.4 Å². The van der Waals surface area contributed by atoms with Gasteiger partial charge < -0.3 is 15.4 Å². The van der Waals surface area contributed by atoms with Crippen LogP contribution < -0.4 is 15.4 Å². The van der Waals surface area contributed by atoms with E-state index in [-0.39, 0.29) is 21.8 Å². The van der Waals surface area contributed by atoms with Crippen molar-refractivity contribution in [2.24, 2.45) is 0 Å². The molecule has 2 aromatic heterocycles. The van der Waals surface area contributed by atoms with Crippen molar-refractivity contribution in [1.82, 2.24) is 14.3 Å². The van der Waals surface area contributed by atoms with Crippen molar-refractivity contribution in [3.05, 3.63) is 78.5 Å². The predicted molar refractivity (Wildman–Crippen MR) is 118 cm³/mol. The Kier molecular flexibility index (Phi) is 5.54. The molecule has 4 rings (SSSR count). The fourth-order valence-corrected chi connectivity index (χ4v) is 4.48. The average Bonchev–Trinajstić information content (AvgIpc) is 3.14. The first-order valence-corrected chi connectivity index (χ1v) is 11.0. The molecule has 0 atom stereocenters. The molecule has 2 aromatic carbocycles. The molecule has 4 aromatic rings. The summed E-state index contributed by atoms with van der Waals surface area (Å²) in [5.74, 6) is -0.382. The van der Waals surface area contributed by atoms with Crippen LogP contribution in [0.4, 0.5) is 20.6 Å². The summed E-state index contributed by atoms with van der Waals surface area (Å²) in [4.78, 5) is 15.6. The van der Waals surface area contributed by atoms with Gasteiger partial charge in [-0.05, 0) is 55.0 Å². The molecular formula is C22H19FN4O4S. The van der Waals surface area contributed by atoms with Gasteiger partial charge in [0.1, 0.15) is 10.7 Å². The number of fused-ring (bicyclic) bond motifs is 1. The molecule has 10 heteroatoms. The van der Waals surface area contributed by atoms with Crippen LogP contribution in [0.2, 0.25) is 0 Å². The van der Waals surface area contributed by atoms with Crippen LogP contribution in [-0.4, -0.2) is 30.5 Å². The standard InChI is InChI=1S/C22H19FN4O4S/c1-14-5-8-19(18(23)10-14)26-15-6-7-17-20(11-15)27(13-21(17)31-22(28)24-2)32(29,30)16-4-3-9-25-12-16/h3-13,26H,1-2H3,(H,24,28). The number of pyridine rings is 1. The van der Waals surface area contributed by atoms with E-state index in [0.717, 1.165) is 9.54 Å². The second-order valence-electron chi connectivity index (χ2n) is 6.96. The molecule has 8 nitrogen and oxygen atoms in total. The molecule has 0 aliphatic rings. The molecule has 2 heterocycles. The lowest BCUT2D eigenvalue weighted by molar-refractivity contribution is 0.203. The Morgan fingerprint density at radius 2 is 1.97 bits per heavy atom. The van der Waals surface area contributed by atoms with E-state index in [9.17, 15) is 17.6 Å². The summed E-state index contributed by atoms with van der Waals surface area (Å²) in [6, 6.07) is 12.4. The van der Waals surface area contributed by atoms with Crippen LogP contribution in [0.1, 0.15) is 5.56 Å². The number of benzene rings is 2. The van der Waals surface area contributed by atoms with Gasteiger partial charge in [0.05, 0.1) is 17.4 Å². The molecule has 2 N–H and O–H groups in total. The number of aromatic nitrogens is 2. The Bertz CT molecular complexity index is 1420. The monoisotopic (exact) mass is 454 g/mol. The summed E-state index contributed by atoms with van der Waals surface area (Å²) in [5.41, 5.74) is 1.71. The Hall–Kier alpha value is -3.92. The first-order valence-electron chi connectivity index (χ1n) is 9.53. The van der Waals surface area contributed by atoms with Crippen LogP contribution in [0.15, 0.2) is 72.0 Å². The third-order valence-corrected chi connectivity index (χ3v) is 6.39. The number of carbonyl (C=O) groups excluding carboxylic acids is 1. The molecule has 0 spiro atoms. The van der Waals surface area contributed by atoms with Gasteiger partial charge in [-0.3, -0.25) is 4.98 Å². The Morgan fingerprint density at radius 3 is 2.66 bits per heavy atom. The minimum Gasteiger partial charge on any atom is -0.408 e. The van der Waals surface area contributed by atoms with Crippen molar-refractivity contribution >= 4 is 38.4 Å². The molecule has 0 unspecified atom stereocenters. The molecule has 0 saturated heterocycles. The predicted octanol–water partition coefficient (Wildman–Crippen LogP) is 4.18. The summed E-state index contributed by atoms with van der Waals surface area (Å²) in [7, 11) is -2.66. The number of amides is 1. The number of hydrogen-bond donors (Lipinski definition) is 2. The molecular weight excluding hydrogens is 435 g/mol. The fraction of sp³-hybridized carbons (Fsp3) is 0.0909. The zero-order valence-corrected chi connectivity index (χ0v) is 18.0. The van der Waals surface area contributed by atoms with E-state index < -0.39 is 21.9 Å². The van der Waals surface area contributed by atoms with Gasteiger partial charge in [-0.1, -0.05) is 6.07 Å². The maximum Gasteiger partial charge on any atom is 0.412 e. The van der Waals surface area contributed by atoms with E-state index in [1.54, 1.807) is 37.3 Å². The fourth-order valence-electron chi connectivity index (χ4n) is 3.17. The van der Waals surface area contributed by atoms with Crippen LogP contribution >= 0.6 is 0 Å². The third-order valence-electron chi connectivity index (χ3n) is 4.74. The highest BCUT2D eigenvalue weighted by Crippen LogP contribution is 2.34. The van der Waals surface area contributed by atoms with Gasteiger partial charge in [0.2, 0.25) is 0 Å². The number of hydrogen-bond acceptors (Lipinski definition) is 6. The molecule has 1 amide bonds. The topological polar surface area (TPSA) is 102 Å². The van der Waals surface area contributed by atoms with Crippen molar-refractivity contribution in [2.45, 2.75) is 11.8 Å². The minimum absolute atomic E-state index is 0.0358. The van der Waals surface area contributed by atoms with Crippen molar-refractivity contribution < 1.29 is 22.3 Å². The summed E-state index contributed by atoms with van der Waals surface area (Å²) in [5, 5.41) is 5.67. The van der Waals surface area contributed by atoms with Crippen LogP contribution in [0.25, 0.3) is 10.9 Å². The van der Waals surface area contributed by atoms with Gasteiger partial charge in [0.25, 0.3) is 10.0 Å². The van der Waals surface area contributed by atoms with Crippen LogP contribution in [-0.2, 0) is 10.0 Å². The second-order valence-corrected chi connectivity index (χ2v) is 8.78. The van der Waals surface area contributed by atoms with Crippen LogP contribution in [0.5, 0.6) is 5.75 Å². The average molecular weight is 454 g/mol. The van der Waals surface area contributed by atoms with Gasteiger partial charge in [-0.2, -0.15) is 0 Å². The summed E-state index contributed by atoms with van der Waals surface area (Å²) >= 11 is 0. The summed E-state index contributed by atoms with van der Waals surface area (Å²) < 4.78 is 47.1. The van der Waals surface area contributed by atoms with E-state index >= 15 is 0 Å². The largest absolute Gasteiger partial charge is 0.412 e. The van der Waals surface area contributed by atoms with E-state index in [1.165, 1.54) is 43.8 Å². The third kappa shape index (κ3) is 4.00. The lowest BCUT2D eigenvalue weighted by Crippen LogP contribution is -2.22. The number of halogens is 1. The Balaban J connectivity index is 1.86. The van der Waals surface area contributed by atoms with Gasteiger partial charge >= 0.3 is 6.09 Å². The molecule has 164 valence electrons. The maximum atomic E-state index is 14.3. The highest BCUT2D eigenvalue weighted by molar-refractivity contribution is 7.90. The molecule has 32 heavy (non-hydrogen) atoms. The second kappa shape index (κ2) is 8.31. The molecule has 0 fully saturated rings. The highest BCUT2D eigenvalue weighted by Gasteiger charge is 2.23. The molecule has 0 saturated carbocycles. The number of carbonyl (C=O) groups is 1. The summed E-state index contributed by atoms with van der Waals surface area (Å²) in [6.07, 6.45) is 3.17. The van der Waals surface area contributed by atoms with E-state index in [1.807, 2.05) is 0 Å². The van der Waals surface area contributed by atoms with Crippen LogP contribution in [0, 0.1) is 12.7 Å².